The number of Topliss-reactive ketones (excluding diaryl/α,β-unsaturated/α-hetero) is 1. The van der Waals surface area contributed by atoms with Crippen molar-refractivity contribution in [2.45, 2.75) is 19.9 Å². The van der Waals surface area contributed by atoms with Gasteiger partial charge in [0.25, 0.3) is 0 Å². The fourth-order valence-corrected chi connectivity index (χ4v) is 1.19. The topological polar surface area (TPSA) is 48.0 Å². The smallest absolute Gasteiger partial charge is 0.192 e. The quantitative estimate of drug-likeness (QED) is 0.686. The van der Waals surface area contributed by atoms with Crippen LogP contribution in [-0.2, 0) is 0 Å². The summed E-state index contributed by atoms with van der Waals surface area (Å²) < 4.78 is 1.93. The second-order valence-electron chi connectivity index (χ2n) is 3.02. The van der Waals surface area contributed by atoms with Crippen molar-refractivity contribution in [3.8, 4) is 0 Å². The van der Waals surface area contributed by atoms with Gasteiger partial charge >= 0.3 is 0 Å². The van der Waals surface area contributed by atoms with Gasteiger partial charge in [0.15, 0.2) is 5.78 Å². The van der Waals surface area contributed by atoms with E-state index >= 15 is 0 Å². The minimum Gasteiger partial charge on any atom is -0.343 e. The average molecular weight is 166 g/mol. The van der Waals surface area contributed by atoms with Crippen LogP contribution in [0.4, 0.5) is 0 Å². The van der Waals surface area contributed by atoms with E-state index in [0.29, 0.717) is 11.7 Å². The molecule has 0 saturated carbocycles. The van der Waals surface area contributed by atoms with Crippen LogP contribution in [-0.4, -0.2) is 16.9 Å². The third-order valence-corrected chi connectivity index (χ3v) is 1.81. The first-order valence-corrected chi connectivity index (χ1v) is 4.07. The first-order chi connectivity index (χ1) is 5.66. The van der Waals surface area contributed by atoms with Gasteiger partial charge in [0.2, 0.25) is 0 Å². The van der Waals surface area contributed by atoms with E-state index in [4.69, 9.17) is 5.73 Å². The van der Waals surface area contributed by atoms with Crippen molar-refractivity contribution in [3.05, 3.63) is 24.0 Å². The molecule has 1 rings (SSSR count). The van der Waals surface area contributed by atoms with Crippen LogP contribution >= 0.6 is 0 Å². The van der Waals surface area contributed by atoms with E-state index in [1.807, 2.05) is 30.7 Å². The van der Waals surface area contributed by atoms with Crippen LogP contribution < -0.4 is 5.73 Å². The number of rotatable bonds is 3. The molecule has 0 unspecified atom stereocenters. The first-order valence-electron chi connectivity index (χ1n) is 4.07. The summed E-state index contributed by atoms with van der Waals surface area (Å²) in [6, 6.07) is 3.98. The molecule has 1 heterocycles. The Morgan fingerprint density at radius 1 is 1.67 bits per heavy atom. The SMILES string of the molecule is CC(C)n1cccc1C(=O)CN. The van der Waals surface area contributed by atoms with Crippen LogP contribution in [0.1, 0.15) is 30.4 Å². The van der Waals surface area contributed by atoms with Gasteiger partial charge < -0.3 is 10.3 Å². The monoisotopic (exact) mass is 166 g/mol. The Morgan fingerprint density at radius 2 is 2.33 bits per heavy atom. The van der Waals surface area contributed by atoms with Crippen LogP contribution in [0.3, 0.4) is 0 Å². The highest BCUT2D eigenvalue weighted by atomic mass is 16.1. The summed E-state index contributed by atoms with van der Waals surface area (Å²) in [5, 5.41) is 0. The fraction of sp³-hybridized carbons (Fsp3) is 0.444. The summed E-state index contributed by atoms with van der Waals surface area (Å²) in [4.78, 5) is 11.3. The number of hydrogen-bond donors (Lipinski definition) is 1. The largest absolute Gasteiger partial charge is 0.343 e. The minimum atomic E-state index is -0.00583. The van der Waals surface area contributed by atoms with Gasteiger partial charge in [-0.3, -0.25) is 4.79 Å². The molecule has 1 aromatic rings. The summed E-state index contributed by atoms with van der Waals surface area (Å²) in [6.07, 6.45) is 1.90. The molecular formula is C9H14N2O. The lowest BCUT2D eigenvalue weighted by atomic mass is 10.2. The van der Waals surface area contributed by atoms with Crippen molar-refractivity contribution in [1.82, 2.24) is 4.57 Å². The molecule has 0 radical (unpaired) electrons. The molecule has 1 aromatic heterocycles. The molecule has 0 atom stereocenters. The van der Waals surface area contributed by atoms with Crippen molar-refractivity contribution in [1.29, 1.82) is 0 Å². The van der Waals surface area contributed by atoms with Crippen LogP contribution in [0.25, 0.3) is 0 Å². The van der Waals surface area contributed by atoms with E-state index in [-0.39, 0.29) is 12.3 Å². The second-order valence-corrected chi connectivity index (χ2v) is 3.02. The Hall–Kier alpha value is -1.09. The zero-order valence-electron chi connectivity index (χ0n) is 7.45. The summed E-state index contributed by atoms with van der Waals surface area (Å²) in [5.41, 5.74) is 5.97. The van der Waals surface area contributed by atoms with Crippen LogP contribution in [0, 0.1) is 0 Å². The number of hydrogen-bond acceptors (Lipinski definition) is 2. The molecule has 2 N–H and O–H groups in total. The molecule has 0 aliphatic rings. The predicted molar refractivity (Wildman–Crippen MR) is 48.2 cm³/mol. The molecule has 12 heavy (non-hydrogen) atoms. The van der Waals surface area contributed by atoms with E-state index in [2.05, 4.69) is 0 Å². The lowest BCUT2D eigenvalue weighted by Gasteiger charge is -2.10. The number of carbonyl (C=O) groups excluding carboxylic acids is 1. The highest BCUT2D eigenvalue weighted by Crippen LogP contribution is 2.10. The van der Waals surface area contributed by atoms with Gasteiger partial charge in [-0.1, -0.05) is 0 Å². The van der Waals surface area contributed by atoms with Crippen molar-refractivity contribution < 1.29 is 4.79 Å². The van der Waals surface area contributed by atoms with Gasteiger partial charge in [0.05, 0.1) is 12.2 Å². The third kappa shape index (κ3) is 1.56. The standard InChI is InChI=1S/C9H14N2O/c1-7(2)11-5-3-4-8(11)9(12)6-10/h3-5,7H,6,10H2,1-2H3. The maximum absolute atomic E-state index is 11.3. The Kier molecular flexibility index (Phi) is 2.65. The Balaban J connectivity index is 2.99. The second kappa shape index (κ2) is 3.54. The van der Waals surface area contributed by atoms with E-state index in [0.717, 1.165) is 0 Å². The molecule has 66 valence electrons. The third-order valence-electron chi connectivity index (χ3n) is 1.81. The average Bonchev–Trinajstić information content (AvgIpc) is 2.50. The number of nitrogens with zero attached hydrogens (tertiary/aromatic N) is 1. The molecule has 0 aromatic carbocycles. The summed E-state index contributed by atoms with van der Waals surface area (Å²) in [5.74, 6) is -0.00583. The molecule has 0 saturated heterocycles. The van der Waals surface area contributed by atoms with Crippen molar-refractivity contribution >= 4 is 5.78 Å². The van der Waals surface area contributed by atoms with Crippen LogP contribution in [0.2, 0.25) is 0 Å². The number of aromatic nitrogens is 1. The zero-order valence-corrected chi connectivity index (χ0v) is 7.45. The van der Waals surface area contributed by atoms with Crippen LogP contribution in [0.15, 0.2) is 18.3 Å². The fourth-order valence-electron chi connectivity index (χ4n) is 1.19. The molecule has 0 fully saturated rings. The Morgan fingerprint density at radius 3 is 2.83 bits per heavy atom. The van der Waals surface area contributed by atoms with Crippen molar-refractivity contribution in [2.75, 3.05) is 6.54 Å². The van der Waals surface area contributed by atoms with Gasteiger partial charge in [-0.25, -0.2) is 0 Å². The lowest BCUT2D eigenvalue weighted by molar-refractivity contribution is 0.0991. The molecule has 3 nitrogen and oxygen atoms in total. The van der Waals surface area contributed by atoms with Crippen molar-refractivity contribution in [2.24, 2.45) is 5.73 Å². The van der Waals surface area contributed by atoms with E-state index in [9.17, 15) is 4.79 Å². The van der Waals surface area contributed by atoms with Crippen LogP contribution in [0.5, 0.6) is 0 Å². The Labute approximate surface area is 72.2 Å². The molecule has 0 bridgehead atoms. The lowest BCUT2D eigenvalue weighted by Crippen LogP contribution is -2.18. The normalized spacial score (nSPS) is 10.7. The zero-order chi connectivity index (χ0) is 9.14. The first kappa shape index (κ1) is 9.00. The van der Waals surface area contributed by atoms with E-state index < -0.39 is 0 Å². The van der Waals surface area contributed by atoms with Gasteiger partial charge in [-0.05, 0) is 26.0 Å². The van der Waals surface area contributed by atoms with Gasteiger partial charge in [0.1, 0.15) is 0 Å². The van der Waals surface area contributed by atoms with Gasteiger partial charge in [-0.15, -0.1) is 0 Å². The molecule has 0 amide bonds. The number of nitrogens with two attached hydrogens (primary N) is 1. The summed E-state index contributed by atoms with van der Waals surface area (Å²) in [6.45, 7) is 4.15. The summed E-state index contributed by atoms with van der Waals surface area (Å²) in [7, 11) is 0. The number of ketones is 1. The van der Waals surface area contributed by atoms with Gasteiger partial charge in [0, 0.05) is 12.2 Å². The molecule has 3 heteroatoms. The van der Waals surface area contributed by atoms with E-state index in [1.54, 1.807) is 6.07 Å². The highest BCUT2D eigenvalue weighted by molar-refractivity contribution is 5.96. The highest BCUT2D eigenvalue weighted by Gasteiger charge is 2.09. The number of carbonyl (C=O) groups is 1. The maximum atomic E-state index is 11.3. The molecule has 0 aliphatic heterocycles. The van der Waals surface area contributed by atoms with E-state index in [1.165, 1.54) is 0 Å². The summed E-state index contributed by atoms with van der Waals surface area (Å²) >= 11 is 0. The predicted octanol–water partition coefficient (Wildman–Crippen LogP) is 1.21. The molecule has 0 spiro atoms. The Bertz CT molecular complexity index is 276. The minimum absolute atomic E-state index is 0.00583. The van der Waals surface area contributed by atoms with Crippen molar-refractivity contribution in [3.63, 3.8) is 0 Å². The maximum Gasteiger partial charge on any atom is 0.192 e. The van der Waals surface area contributed by atoms with Gasteiger partial charge in [-0.2, -0.15) is 0 Å². The molecular weight excluding hydrogens is 152 g/mol. The molecule has 0 aliphatic carbocycles.